The van der Waals surface area contributed by atoms with Gasteiger partial charge in [0.15, 0.2) is 10.3 Å². The molecule has 0 spiro atoms. The van der Waals surface area contributed by atoms with Gasteiger partial charge < -0.3 is 0 Å². The molecule has 1 heterocycles. The molecule has 0 N–H and O–H groups in total. The van der Waals surface area contributed by atoms with E-state index in [4.69, 9.17) is 23.2 Å². The van der Waals surface area contributed by atoms with Gasteiger partial charge >= 0.3 is 0 Å². The zero-order chi connectivity index (χ0) is 10.1. The first-order valence-corrected chi connectivity index (χ1v) is 4.89. The van der Waals surface area contributed by atoms with Gasteiger partial charge in [-0.1, -0.05) is 40.9 Å². The fourth-order valence-electron chi connectivity index (χ4n) is 1.20. The molecule has 0 saturated heterocycles. The van der Waals surface area contributed by atoms with Crippen molar-refractivity contribution in [2.75, 3.05) is 0 Å². The molecule has 0 fully saturated rings. The summed E-state index contributed by atoms with van der Waals surface area (Å²) >= 11 is 11.7. The van der Waals surface area contributed by atoms with Gasteiger partial charge in [-0.3, -0.25) is 4.57 Å². The van der Waals surface area contributed by atoms with Gasteiger partial charge in [-0.2, -0.15) is 0 Å². The maximum Gasteiger partial charge on any atom is 0.166 e. The van der Waals surface area contributed by atoms with E-state index in [1.807, 2.05) is 31.2 Å². The van der Waals surface area contributed by atoms with Crippen molar-refractivity contribution < 1.29 is 0 Å². The number of aryl methyl sites for hydroxylation is 1. The van der Waals surface area contributed by atoms with Gasteiger partial charge in [0, 0.05) is 5.69 Å². The van der Waals surface area contributed by atoms with E-state index >= 15 is 0 Å². The summed E-state index contributed by atoms with van der Waals surface area (Å²) in [6.45, 7) is 2.03. The SMILES string of the molecule is Cc1ccc(-n2cnc(Cl)c2Cl)cc1. The highest BCUT2D eigenvalue weighted by atomic mass is 35.5. The van der Waals surface area contributed by atoms with Crippen molar-refractivity contribution in [1.29, 1.82) is 0 Å². The summed E-state index contributed by atoms with van der Waals surface area (Å²) in [4.78, 5) is 3.91. The normalized spacial score (nSPS) is 10.5. The van der Waals surface area contributed by atoms with E-state index in [2.05, 4.69) is 4.98 Å². The quantitative estimate of drug-likeness (QED) is 0.729. The third kappa shape index (κ3) is 1.63. The highest BCUT2D eigenvalue weighted by molar-refractivity contribution is 6.40. The Bertz CT molecular complexity index is 446. The molecule has 0 aliphatic carbocycles. The Hall–Kier alpha value is -0.990. The van der Waals surface area contributed by atoms with Crippen molar-refractivity contribution in [3.05, 3.63) is 46.5 Å². The Morgan fingerprint density at radius 1 is 1.14 bits per heavy atom. The molecule has 2 rings (SSSR count). The number of benzene rings is 1. The van der Waals surface area contributed by atoms with Crippen LogP contribution in [0.5, 0.6) is 0 Å². The zero-order valence-corrected chi connectivity index (χ0v) is 9.05. The predicted octanol–water partition coefficient (Wildman–Crippen LogP) is 3.49. The van der Waals surface area contributed by atoms with E-state index in [9.17, 15) is 0 Å². The first-order chi connectivity index (χ1) is 6.68. The second-order valence-corrected chi connectivity index (χ2v) is 3.75. The fraction of sp³-hybridized carbons (Fsp3) is 0.100. The molecule has 1 aromatic carbocycles. The van der Waals surface area contributed by atoms with Crippen molar-refractivity contribution in [3.8, 4) is 5.69 Å². The lowest BCUT2D eigenvalue weighted by atomic mass is 10.2. The summed E-state index contributed by atoms with van der Waals surface area (Å²) in [6.07, 6.45) is 1.61. The van der Waals surface area contributed by atoms with E-state index < -0.39 is 0 Å². The van der Waals surface area contributed by atoms with Crippen LogP contribution in [0.15, 0.2) is 30.6 Å². The van der Waals surface area contributed by atoms with Crippen LogP contribution < -0.4 is 0 Å². The Morgan fingerprint density at radius 3 is 2.29 bits per heavy atom. The Morgan fingerprint density at radius 2 is 1.79 bits per heavy atom. The molecule has 2 nitrogen and oxygen atoms in total. The van der Waals surface area contributed by atoms with Gasteiger partial charge in [0.2, 0.25) is 0 Å². The zero-order valence-electron chi connectivity index (χ0n) is 7.54. The molecule has 0 saturated carbocycles. The van der Waals surface area contributed by atoms with Crippen molar-refractivity contribution in [3.63, 3.8) is 0 Å². The minimum Gasteiger partial charge on any atom is -0.288 e. The lowest BCUT2D eigenvalue weighted by Crippen LogP contribution is -1.91. The first kappa shape index (κ1) is 9.56. The standard InChI is InChI=1S/C10H8Cl2N2/c1-7-2-4-8(5-3-7)14-6-13-9(11)10(14)12/h2-6H,1H3. The van der Waals surface area contributed by atoms with Crippen LogP contribution in [0.25, 0.3) is 5.69 Å². The molecule has 0 atom stereocenters. The molecule has 0 radical (unpaired) electrons. The molecule has 0 bridgehead atoms. The predicted molar refractivity (Wildman–Crippen MR) is 58.3 cm³/mol. The van der Waals surface area contributed by atoms with E-state index in [1.54, 1.807) is 10.9 Å². The van der Waals surface area contributed by atoms with Crippen LogP contribution in [0.1, 0.15) is 5.56 Å². The summed E-state index contributed by atoms with van der Waals surface area (Å²) < 4.78 is 1.74. The lowest BCUT2D eigenvalue weighted by molar-refractivity contribution is 1.06. The highest BCUT2D eigenvalue weighted by Crippen LogP contribution is 2.23. The molecule has 1 aromatic heterocycles. The second-order valence-electron chi connectivity index (χ2n) is 3.03. The third-order valence-electron chi connectivity index (χ3n) is 1.98. The molecular formula is C10H8Cl2N2. The summed E-state index contributed by atoms with van der Waals surface area (Å²) in [5.41, 5.74) is 2.16. The monoisotopic (exact) mass is 226 g/mol. The van der Waals surface area contributed by atoms with Gasteiger partial charge in [0.1, 0.15) is 6.33 Å². The largest absolute Gasteiger partial charge is 0.288 e. The molecule has 4 heteroatoms. The highest BCUT2D eigenvalue weighted by Gasteiger charge is 2.06. The summed E-state index contributed by atoms with van der Waals surface area (Å²) in [5, 5.41) is 0.766. The molecule has 0 amide bonds. The number of hydrogen-bond acceptors (Lipinski definition) is 1. The van der Waals surface area contributed by atoms with Gasteiger partial charge in [-0.25, -0.2) is 4.98 Å². The average Bonchev–Trinajstić information content (AvgIpc) is 2.50. The number of halogens is 2. The van der Waals surface area contributed by atoms with Crippen LogP contribution in [0.4, 0.5) is 0 Å². The maximum atomic E-state index is 5.95. The minimum absolute atomic E-state index is 0.326. The molecule has 0 unspecified atom stereocenters. The van der Waals surface area contributed by atoms with Gasteiger partial charge in [0.05, 0.1) is 0 Å². The van der Waals surface area contributed by atoms with Crippen molar-refractivity contribution in [2.24, 2.45) is 0 Å². The van der Waals surface area contributed by atoms with E-state index in [1.165, 1.54) is 5.56 Å². The van der Waals surface area contributed by atoms with Crippen LogP contribution in [-0.2, 0) is 0 Å². The molecule has 14 heavy (non-hydrogen) atoms. The van der Waals surface area contributed by atoms with Crippen molar-refractivity contribution in [1.82, 2.24) is 9.55 Å². The molecular weight excluding hydrogens is 219 g/mol. The van der Waals surface area contributed by atoms with Crippen LogP contribution >= 0.6 is 23.2 Å². The van der Waals surface area contributed by atoms with Crippen LogP contribution in [0, 0.1) is 6.92 Å². The summed E-state index contributed by atoms with van der Waals surface area (Å²) in [5.74, 6) is 0. The summed E-state index contributed by atoms with van der Waals surface area (Å²) in [7, 11) is 0. The fourth-order valence-corrected chi connectivity index (χ4v) is 1.52. The van der Waals surface area contributed by atoms with Gasteiger partial charge in [-0.15, -0.1) is 0 Å². The number of aromatic nitrogens is 2. The second kappa shape index (κ2) is 3.64. The Kier molecular flexibility index (Phi) is 2.48. The van der Waals surface area contributed by atoms with E-state index in [0.29, 0.717) is 10.3 Å². The third-order valence-corrected chi connectivity index (χ3v) is 2.71. The smallest absolute Gasteiger partial charge is 0.166 e. The minimum atomic E-state index is 0.326. The number of nitrogens with zero attached hydrogens (tertiary/aromatic N) is 2. The van der Waals surface area contributed by atoms with Crippen molar-refractivity contribution >= 4 is 23.2 Å². The van der Waals surface area contributed by atoms with E-state index in [0.717, 1.165) is 5.69 Å². The van der Waals surface area contributed by atoms with E-state index in [-0.39, 0.29) is 0 Å². The summed E-state index contributed by atoms with van der Waals surface area (Å²) in [6, 6.07) is 7.97. The molecule has 72 valence electrons. The Labute approximate surface area is 92.1 Å². The van der Waals surface area contributed by atoms with Crippen LogP contribution in [0.2, 0.25) is 10.3 Å². The number of hydrogen-bond donors (Lipinski definition) is 0. The molecule has 0 aliphatic heterocycles. The topological polar surface area (TPSA) is 17.8 Å². The molecule has 2 aromatic rings. The average molecular weight is 227 g/mol. The molecule has 0 aliphatic rings. The maximum absolute atomic E-state index is 5.95. The first-order valence-electron chi connectivity index (χ1n) is 4.14. The Balaban J connectivity index is 2.49. The number of imidazole rings is 1. The van der Waals surface area contributed by atoms with Crippen LogP contribution in [0.3, 0.4) is 0 Å². The van der Waals surface area contributed by atoms with Crippen molar-refractivity contribution in [2.45, 2.75) is 6.92 Å². The van der Waals surface area contributed by atoms with Crippen LogP contribution in [-0.4, -0.2) is 9.55 Å². The van der Waals surface area contributed by atoms with Gasteiger partial charge in [0.25, 0.3) is 0 Å². The van der Waals surface area contributed by atoms with Gasteiger partial charge in [-0.05, 0) is 19.1 Å². The number of rotatable bonds is 1. The lowest BCUT2D eigenvalue weighted by Gasteiger charge is -2.03.